The van der Waals surface area contributed by atoms with E-state index in [1.807, 2.05) is 28.9 Å². The molecular weight excluding hydrogens is 418 g/mol. The summed E-state index contributed by atoms with van der Waals surface area (Å²) in [6, 6.07) is 27.4. The van der Waals surface area contributed by atoms with Gasteiger partial charge >= 0.3 is 0 Å². The lowest BCUT2D eigenvalue weighted by molar-refractivity contribution is 0.281. The number of hydrogen-bond acceptors (Lipinski definition) is 3. The third-order valence-electron chi connectivity index (χ3n) is 7.09. The zero-order chi connectivity index (χ0) is 23.3. The van der Waals surface area contributed by atoms with Crippen LogP contribution in [0.25, 0.3) is 10.8 Å². The van der Waals surface area contributed by atoms with Gasteiger partial charge in [-0.1, -0.05) is 78.4 Å². The van der Waals surface area contributed by atoms with Crippen LogP contribution in [0.4, 0.5) is 0 Å². The van der Waals surface area contributed by atoms with Gasteiger partial charge in [-0.25, -0.2) is 4.68 Å². The fourth-order valence-corrected chi connectivity index (χ4v) is 5.09. The van der Waals surface area contributed by atoms with Crippen molar-refractivity contribution in [2.75, 3.05) is 19.6 Å². The van der Waals surface area contributed by atoms with Crippen LogP contribution in [-0.2, 0) is 12.8 Å². The maximum absolute atomic E-state index is 13.5. The minimum atomic E-state index is 0.0472. The smallest absolute Gasteiger partial charge is 0.274 e. The van der Waals surface area contributed by atoms with Crippen molar-refractivity contribution in [3.63, 3.8) is 0 Å². The van der Waals surface area contributed by atoms with Crippen molar-refractivity contribution in [3.05, 3.63) is 112 Å². The molecule has 5 rings (SSSR count). The monoisotopic (exact) mass is 451 g/mol. The van der Waals surface area contributed by atoms with Gasteiger partial charge in [0.2, 0.25) is 0 Å². The van der Waals surface area contributed by atoms with E-state index >= 15 is 0 Å². The lowest BCUT2D eigenvalue weighted by Crippen LogP contribution is -2.30. The molecule has 34 heavy (non-hydrogen) atoms. The number of aryl methyl sites for hydroxylation is 1. The van der Waals surface area contributed by atoms with E-state index in [0.717, 1.165) is 68.2 Å². The Hall–Kier alpha value is -3.24. The average molecular weight is 452 g/mol. The first-order valence-electron chi connectivity index (χ1n) is 12.5. The van der Waals surface area contributed by atoms with Crippen molar-refractivity contribution in [3.8, 4) is 0 Å². The van der Waals surface area contributed by atoms with E-state index in [2.05, 4.69) is 66.4 Å². The second kappa shape index (κ2) is 10.4. The minimum Gasteiger partial charge on any atom is -0.303 e. The van der Waals surface area contributed by atoms with Crippen LogP contribution in [0.3, 0.4) is 0 Å². The first kappa shape index (κ1) is 22.5. The minimum absolute atomic E-state index is 0.0472. The SMILES string of the molecule is Cc1ccc(Cc2nn(C3CCCN(CCc4ccccc4)CC3)c(=O)c3ccccc23)cc1. The topological polar surface area (TPSA) is 38.1 Å². The molecule has 1 aliphatic rings. The molecule has 0 radical (unpaired) electrons. The van der Waals surface area contributed by atoms with Crippen LogP contribution >= 0.6 is 0 Å². The number of hydrogen-bond donors (Lipinski definition) is 0. The molecule has 0 bridgehead atoms. The molecule has 0 amide bonds. The summed E-state index contributed by atoms with van der Waals surface area (Å²) in [5.41, 5.74) is 4.90. The van der Waals surface area contributed by atoms with Gasteiger partial charge in [0, 0.05) is 24.9 Å². The van der Waals surface area contributed by atoms with Crippen LogP contribution in [0.1, 0.15) is 47.7 Å². The van der Waals surface area contributed by atoms with Crippen molar-refractivity contribution in [2.24, 2.45) is 0 Å². The molecule has 1 aliphatic heterocycles. The summed E-state index contributed by atoms with van der Waals surface area (Å²) < 4.78 is 1.81. The summed E-state index contributed by atoms with van der Waals surface area (Å²) in [4.78, 5) is 16.0. The number of benzene rings is 3. The highest BCUT2D eigenvalue weighted by Gasteiger charge is 2.22. The quantitative estimate of drug-likeness (QED) is 0.385. The van der Waals surface area contributed by atoms with Crippen molar-refractivity contribution >= 4 is 10.8 Å². The van der Waals surface area contributed by atoms with Crippen molar-refractivity contribution in [1.82, 2.24) is 14.7 Å². The Balaban J connectivity index is 1.38. The average Bonchev–Trinajstić information content (AvgIpc) is 3.12. The molecule has 1 unspecified atom stereocenters. The lowest BCUT2D eigenvalue weighted by Gasteiger charge is -2.21. The highest BCUT2D eigenvalue weighted by Crippen LogP contribution is 2.24. The van der Waals surface area contributed by atoms with Gasteiger partial charge < -0.3 is 4.90 Å². The molecule has 1 saturated heterocycles. The molecule has 0 spiro atoms. The van der Waals surface area contributed by atoms with E-state index in [4.69, 9.17) is 5.10 Å². The Bertz CT molecular complexity index is 1290. The highest BCUT2D eigenvalue weighted by molar-refractivity contribution is 5.83. The van der Waals surface area contributed by atoms with E-state index in [9.17, 15) is 4.79 Å². The molecule has 0 N–H and O–H groups in total. The molecule has 0 saturated carbocycles. The molecule has 4 heteroatoms. The van der Waals surface area contributed by atoms with Crippen LogP contribution < -0.4 is 5.56 Å². The molecule has 0 aliphatic carbocycles. The van der Waals surface area contributed by atoms with Gasteiger partial charge in [-0.3, -0.25) is 4.79 Å². The summed E-state index contributed by atoms with van der Waals surface area (Å²) in [5, 5.41) is 6.74. The summed E-state index contributed by atoms with van der Waals surface area (Å²) in [6.07, 6.45) is 4.85. The molecular formula is C30H33N3O. The lowest BCUT2D eigenvalue weighted by atomic mass is 10.0. The summed E-state index contributed by atoms with van der Waals surface area (Å²) >= 11 is 0. The maximum atomic E-state index is 13.5. The first-order chi connectivity index (χ1) is 16.7. The number of fused-ring (bicyclic) bond motifs is 1. The Kier molecular flexibility index (Phi) is 6.87. The van der Waals surface area contributed by atoms with E-state index in [1.54, 1.807) is 0 Å². The summed E-state index contributed by atoms with van der Waals surface area (Å²) in [5.74, 6) is 0. The summed E-state index contributed by atoms with van der Waals surface area (Å²) in [7, 11) is 0. The van der Waals surface area contributed by atoms with Gasteiger partial charge in [0.15, 0.2) is 0 Å². The standard InChI is InChI=1S/C30H33N3O/c1-23-13-15-25(16-14-23)22-29-27-11-5-6-12-28(27)30(34)33(31-29)26-10-7-19-32(21-18-26)20-17-24-8-3-2-4-9-24/h2-6,8-9,11-16,26H,7,10,17-22H2,1H3. The Labute approximate surface area is 201 Å². The maximum Gasteiger partial charge on any atom is 0.274 e. The van der Waals surface area contributed by atoms with Crippen molar-refractivity contribution in [1.29, 1.82) is 0 Å². The van der Waals surface area contributed by atoms with Crippen LogP contribution in [0.2, 0.25) is 0 Å². The van der Waals surface area contributed by atoms with Crippen molar-refractivity contribution < 1.29 is 0 Å². The van der Waals surface area contributed by atoms with Gasteiger partial charge in [-0.2, -0.15) is 5.10 Å². The third kappa shape index (κ3) is 5.13. The first-order valence-corrected chi connectivity index (χ1v) is 12.5. The van der Waals surface area contributed by atoms with Gasteiger partial charge in [0.25, 0.3) is 5.56 Å². The predicted octanol–water partition coefficient (Wildman–Crippen LogP) is 5.57. The van der Waals surface area contributed by atoms with E-state index in [1.165, 1.54) is 16.7 Å². The Morgan fingerprint density at radius 3 is 2.35 bits per heavy atom. The molecule has 1 aromatic heterocycles. The second-order valence-electron chi connectivity index (χ2n) is 9.57. The zero-order valence-corrected chi connectivity index (χ0v) is 20.0. The van der Waals surface area contributed by atoms with E-state index in [-0.39, 0.29) is 11.6 Å². The highest BCUT2D eigenvalue weighted by atomic mass is 16.1. The largest absolute Gasteiger partial charge is 0.303 e. The van der Waals surface area contributed by atoms with Gasteiger partial charge in [-0.15, -0.1) is 0 Å². The number of aromatic nitrogens is 2. The van der Waals surface area contributed by atoms with Crippen LogP contribution in [0, 0.1) is 6.92 Å². The van der Waals surface area contributed by atoms with E-state index in [0.29, 0.717) is 0 Å². The molecule has 1 atom stereocenters. The predicted molar refractivity (Wildman–Crippen MR) is 139 cm³/mol. The van der Waals surface area contributed by atoms with Crippen LogP contribution in [0.5, 0.6) is 0 Å². The van der Waals surface area contributed by atoms with Gasteiger partial charge in [-0.05, 0) is 56.3 Å². The fourth-order valence-electron chi connectivity index (χ4n) is 5.09. The van der Waals surface area contributed by atoms with Crippen LogP contribution in [-0.4, -0.2) is 34.3 Å². The molecule has 3 aromatic carbocycles. The van der Waals surface area contributed by atoms with Gasteiger partial charge in [0.1, 0.15) is 0 Å². The summed E-state index contributed by atoms with van der Waals surface area (Å²) in [6.45, 7) is 5.26. The zero-order valence-electron chi connectivity index (χ0n) is 20.0. The number of rotatable bonds is 6. The third-order valence-corrected chi connectivity index (χ3v) is 7.09. The number of likely N-dealkylation sites (tertiary alicyclic amines) is 1. The van der Waals surface area contributed by atoms with Crippen LogP contribution in [0.15, 0.2) is 83.7 Å². The molecule has 2 heterocycles. The molecule has 4 aromatic rings. The number of nitrogens with zero attached hydrogens (tertiary/aromatic N) is 3. The fraction of sp³-hybridized carbons (Fsp3) is 0.333. The molecule has 4 nitrogen and oxygen atoms in total. The van der Waals surface area contributed by atoms with E-state index < -0.39 is 0 Å². The Morgan fingerprint density at radius 1 is 0.824 bits per heavy atom. The van der Waals surface area contributed by atoms with Crippen molar-refractivity contribution in [2.45, 2.75) is 45.1 Å². The molecule has 1 fully saturated rings. The second-order valence-corrected chi connectivity index (χ2v) is 9.57. The Morgan fingerprint density at radius 2 is 1.56 bits per heavy atom. The molecule has 174 valence electrons. The van der Waals surface area contributed by atoms with Gasteiger partial charge in [0.05, 0.1) is 17.1 Å². The normalized spacial score (nSPS) is 17.0.